The summed E-state index contributed by atoms with van der Waals surface area (Å²) in [6.07, 6.45) is 0.914. The van der Waals surface area contributed by atoms with Crippen molar-refractivity contribution in [2.45, 2.75) is 32.6 Å². The number of hydrogen-bond acceptors (Lipinski definition) is 5. The largest absolute Gasteiger partial charge is 0.467 e. The van der Waals surface area contributed by atoms with Crippen molar-refractivity contribution >= 4 is 5.91 Å². The minimum Gasteiger partial charge on any atom is -0.467 e. The van der Waals surface area contributed by atoms with Gasteiger partial charge >= 0.3 is 0 Å². The van der Waals surface area contributed by atoms with Gasteiger partial charge in [-0.15, -0.1) is 0 Å². The zero-order valence-electron chi connectivity index (χ0n) is 11.4. The summed E-state index contributed by atoms with van der Waals surface area (Å²) in [6, 6.07) is 3.26. The number of amides is 1. The molecule has 0 aliphatic rings. The molecular formula is C13H22N2O4. The summed E-state index contributed by atoms with van der Waals surface area (Å²) < 4.78 is 10.4. The third-order valence-corrected chi connectivity index (χ3v) is 2.54. The van der Waals surface area contributed by atoms with Crippen LogP contribution in [0.2, 0.25) is 0 Å². The van der Waals surface area contributed by atoms with Gasteiger partial charge in [0.15, 0.2) is 0 Å². The molecule has 0 bridgehead atoms. The zero-order chi connectivity index (χ0) is 14.1. The van der Waals surface area contributed by atoms with Crippen LogP contribution in [0, 0.1) is 0 Å². The fourth-order valence-corrected chi connectivity index (χ4v) is 1.48. The summed E-state index contributed by atoms with van der Waals surface area (Å²) in [5.74, 6) is 0.641. The van der Waals surface area contributed by atoms with Gasteiger partial charge in [-0.25, -0.2) is 0 Å². The summed E-state index contributed by atoms with van der Waals surface area (Å²) in [5.41, 5.74) is 0. The molecular weight excluding hydrogens is 248 g/mol. The highest BCUT2D eigenvalue weighted by Crippen LogP contribution is 2.01. The summed E-state index contributed by atoms with van der Waals surface area (Å²) >= 11 is 0. The highest BCUT2D eigenvalue weighted by Gasteiger charge is 2.13. The predicted molar refractivity (Wildman–Crippen MR) is 70.5 cm³/mol. The molecule has 1 rings (SSSR count). The van der Waals surface area contributed by atoms with Crippen molar-refractivity contribution < 1.29 is 19.1 Å². The highest BCUT2D eigenvalue weighted by atomic mass is 16.5. The molecule has 3 N–H and O–H groups in total. The van der Waals surface area contributed by atoms with E-state index in [0.717, 1.165) is 5.76 Å². The topological polar surface area (TPSA) is 83.7 Å². The summed E-state index contributed by atoms with van der Waals surface area (Å²) in [5, 5.41) is 15.3. The summed E-state index contributed by atoms with van der Waals surface area (Å²) in [7, 11) is 0. The molecule has 1 heterocycles. The Labute approximate surface area is 113 Å². The number of furan rings is 1. The zero-order valence-corrected chi connectivity index (χ0v) is 11.4. The maximum absolute atomic E-state index is 11.4. The molecule has 0 spiro atoms. The summed E-state index contributed by atoms with van der Waals surface area (Å²) in [4.78, 5) is 11.4. The van der Waals surface area contributed by atoms with Crippen LogP contribution in [0.15, 0.2) is 22.8 Å². The average molecular weight is 270 g/mol. The lowest BCUT2D eigenvalue weighted by molar-refractivity contribution is -0.122. The van der Waals surface area contributed by atoms with Gasteiger partial charge in [-0.2, -0.15) is 0 Å². The van der Waals surface area contributed by atoms with Crippen LogP contribution in [0.25, 0.3) is 0 Å². The Morgan fingerprint density at radius 3 is 3.00 bits per heavy atom. The monoisotopic (exact) mass is 270 g/mol. The Hall–Kier alpha value is -1.37. The van der Waals surface area contributed by atoms with Crippen molar-refractivity contribution in [3.05, 3.63) is 24.2 Å². The SMILES string of the molecule is CCNC(=O)C(C)NCC(O)COCc1ccco1. The number of rotatable bonds is 9. The quantitative estimate of drug-likeness (QED) is 0.600. The van der Waals surface area contributed by atoms with Gasteiger partial charge in [-0.1, -0.05) is 0 Å². The third kappa shape index (κ3) is 6.37. The maximum Gasteiger partial charge on any atom is 0.236 e. The van der Waals surface area contributed by atoms with E-state index in [1.165, 1.54) is 0 Å². The van der Waals surface area contributed by atoms with Crippen LogP contribution in [0.3, 0.4) is 0 Å². The van der Waals surface area contributed by atoms with Crippen molar-refractivity contribution in [2.75, 3.05) is 19.7 Å². The molecule has 19 heavy (non-hydrogen) atoms. The van der Waals surface area contributed by atoms with Crippen LogP contribution in [0.4, 0.5) is 0 Å². The first kappa shape index (κ1) is 15.7. The van der Waals surface area contributed by atoms with Gasteiger partial charge < -0.3 is 24.9 Å². The molecule has 1 aromatic heterocycles. The minimum atomic E-state index is -0.660. The highest BCUT2D eigenvalue weighted by molar-refractivity contribution is 5.81. The first-order valence-electron chi connectivity index (χ1n) is 6.42. The van der Waals surface area contributed by atoms with Crippen LogP contribution in [0.5, 0.6) is 0 Å². The number of hydrogen-bond donors (Lipinski definition) is 3. The second-order valence-corrected chi connectivity index (χ2v) is 4.27. The van der Waals surface area contributed by atoms with E-state index in [0.29, 0.717) is 19.7 Å². The first-order valence-corrected chi connectivity index (χ1v) is 6.42. The molecule has 2 atom stereocenters. The molecule has 0 saturated heterocycles. The molecule has 0 saturated carbocycles. The van der Waals surface area contributed by atoms with Crippen LogP contribution < -0.4 is 10.6 Å². The number of carbonyl (C=O) groups is 1. The molecule has 1 amide bonds. The molecule has 2 unspecified atom stereocenters. The summed E-state index contributed by atoms with van der Waals surface area (Å²) in [6.45, 7) is 5.03. The molecule has 0 fully saturated rings. The van der Waals surface area contributed by atoms with Gasteiger partial charge in [0.2, 0.25) is 5.91 Å². The molecule has 6 heteroatoms. The number of ether oxygens (including phenoxy) is 1. The Morgan fingerprint density at radius 1 is 1.58 bits per heavy atom. The van der Waals surface area contributed by atoms with Crippen molar-refractivity contribution in [3.63, 3.8) is 0 Å². The van der Waals surface area contributed by atoms with Gasteiger partial charge in [0.1, 0.15) is 12.4 Å². The molecule has 6 nitrogen and oxygen atoms in total. The van der Waals surface area contributed by atoms with E-state index >= 15 is 0 Å². The van der Waals surface area contributed by atoms with Crippen LogP contribution in [-0.4, -0.2) is 42.9 Å². The first-order chi connectivity index (χ1) is 9.13. The van der Waals surface area contributed by atoms with Crippen molar-refractivity contribution in [3.8, 4) is 0 Å². The van der Waals surface area contributed by atoms with Crippen LogP contribution in [0.1, 0.15) is 19.6 Å². The van der Waals surface area contributed by atoms with Gasteiger partial charge in [0.05, 0.1) is 25.0 Å². The fourth-order valence-electron chi connectivity index (χ4n) is 1.48. The lowest BCUT2D eigenvalue weighted by Gasteiger charge is -2.16. The Balaban J connectivity index is 2.10. The Bertz CT molecular complexity index is 354. The molecule has 0 aliphatic heterocycles. The minimum absolute atomic E-state index is 0.0776. The van der Waals surface area contributed by atoms with Gasteiger partial charge in [0, 0.05) is 13.1 Å². The number of aliphatic hydroxyl groups excluding tert-OH is 1. The van der Waals surface area contributed by atoms with Crippen molar-refractivity contribution in [1.82, 2.24) is 10.6 Å². The standard InChI is InChI=1S/C13H22N2O4/c1-3-14-13(17)10(2)15-7-11(16)8-18-9-12-5-4-6-19-12/h4-6,10-11,15-16H,3,7-9H2,1-2H3,(H,14,17). The van der Waals surface area contributed by atoms with E-state index in [4.69, 9.17) is 9.15 Å². The van der Waals surface area contributed by atoms with Gasteiger partial charge in [-0.05, 0) is 26.0 Å². The van der Waals surface area contributed by atoms with E-state index in [-0.39, 0.29) is 18.6 Å². The van der Waals surface area contributed by atoms with Crippen molar-refractivity contribution in [2.24, 2.45) is 0 Å². The van der Waals surface area contributed by atoms with E-state index in [2.05, 4.69) is 10.6 Å². The van der Waals surface area contributed by atoms with E-state index in [1.807, 2.05) is 13.0 Å². The third-order valence-electron chi connectivity index (χ3n) is 2.54. The predicted octanol–water partition coefficient (Wildman–Crippen LogP) is 0.271. The van der Waals surface area contributed by atoms with E-state index in [1.54, 1.807) is 19.3 Å². The molecule has 0 aromatic carbocycles. The fraction of sp³-hybridized carbons (Fsp3) is 0.615. The molecule has 1 aromatic rings. The number of likely N-dealkylation sites (N-methyl/N-ethyl adjacent to an activating group) is 1. The number of nitrogens with one attached hydrogen (secondary N) is 2. The number of aliphatic hydroxyl groups is 1. The van der Waals surface area contributed by atoms with E-state index < -0.39 is 6.10 Å². The maximum atomic E-state index is 11.4. The second-order valence-electron chi connectivity index (χ2n) is 4.27. The van der Waals surface area contributed by atoms with E-state index in [9.17, 15) is 9.90 Å². The van der Waals surface area contributed by atoms with Gasteiger partial charge in [0.25, 0.3) is 0 Å². The molecule has 0 radical (unpaired) electrons. The number of carbonyl (C=O) groups excluding carboxylic acids is 1. The average Bonchev–Trinajstić information content (AvgIpc) is 2.89. The molecule has 108 valence electrons. The Kier molecular flexibility index (Phi) is 7.17. The second kappa shape index (κ2) is 8.68. The normalized spacial score (nSPS) is 14.1. The van der Waals surface area contributed by atoms with Gasteiger partial charge in [-0.3, -0.25) is 4.79 Å². The smallest absolute Gasteiger partial charge is 0.236 e. The van der Waals surface area contributed by atoms with Crippen molar-refractivity contribution in [1.29, 1.82) is 0 Å². The van der Waals surface area contributed by atoms with Crippen LogP contribution >= 0.6 is 0 Å². The molecule has 0 aliphatic carbocycles. The lowest BCUT2D eigenvalue weighted by Crippen LogP contribution is -2.45. The van der Waals surface area contributed by atoms with Crippen LogP contribution in [-0.2, 0) is 16.1 Å². The lowest BCUT2D eigenvalue weighted by atomic mass is 10.3. The Morgan fingerprint density at radius 2 is 2.37 bits per heavy atom.